The lowest BCUT2D eigenvalue weighted by molar-refractivity contribution is -0.138. The molecule has 2 N–H and O–H groups in total. The van der Waals surface area contributed by atoms with E-state index in [1.165, 1.54) is 13.2 Å². The molecule has 10 heteroatoms. The van der Waals surface area contributed by atoms with Crippen LogP contribution in [0.1, 0.15) is 24.0 Å². The van der Waals surface area contributed by atoms with Crippen molar-refractivity contribution in [3.63, 3.8) is 0 Å². The zero-order chi connectivity index (χ0) is 30.8. The number of methoxy groups -OCH3 is 1. The summed E-state index contributed by atoms with van der Waals surface area (Å²) in [7, 11) is 1.53. The van der Waals surface area contributed by atoms with Gasteiger partial charge in [-0.15, -0.1) is 0 Å². The molecule has 0 aliphatic carbocycles. The van der Waals surface area contributed by atoms with Crippen LogP contribution in [0.5, 0.6) is 11.5 Å². The van der Waals surface area contributed by atoms with Gasteiger partial charge in [0.15, 0.2) is 11.5 Å². The molecule has 0 bridgehead atoms. The second kappa shape index (κ2) is 15.0. The molecule has 1 unspecified atom stereocenters. The molecule has 43 heavy (non-hydrogen) atoms. The Hall–Kier alpha value is -4.65. The number of hydrogen-bond acceptors (Lipinski definition) is 8. The number of allylic oxidation sites excluding steroid dienone is 2. The van der Waals surface area contributed by atoms with Crippen molar-refractivity contribution in [2.24, 2.45) is 0 Å². The second-order valence-electron chi connectivity index (χ2n) is 9.37. The zero-order valence-electron chi connectivity index (χ0n) is 23.7. The van der Waals surface area contributed by atoms with Crippen molar-refractivity contribution in [1.82, 2.24) is 5.32 Å². The first-order valence-electron chi connectivity index (χ1n) is 13.3. The Morgan fingerprint density at radius 2 is 1.91 bits per heavy atom. The Balaban J connectivity index is 1.65. The molecule has 1 heterocycles. The molecule has 1 aliphatic heterocycles. The van der Waals surface area contributed by atoms with Gasteiger partial charge in [-0.25, -0.2) is 4.79 Å². The second-order valence-corrected chi connectivity index (χ2v) is 10.8. The number of nitriles is 1. The standard InChI is InChI=1S/C33H30ClN3O5S/c1-4-15-41-33(39)30-21(2)36-32(43-20-29(38)37-25-12-8-11-24(34)17-25)26(18-35)31(30)23-13-14-27(28(16-23)40-3)42-19-22-9-6-5-7-10-22/h4-14,16-17,31,36H,1,15,19-20H2,2-3H3,(H,37,38). The van der Waals surface area contributed by atoms with Crippen LogP contribution in [0, 0.1) is 11.3 Å². The molecule has 1 aliphatic rings. The number of benzene rings is 3. The molecule has 0 saturated heterocycles. The molecule has 8 nitrogen and oxygen atoms in total. The summed E-state index contributed by atoms with van der Waals surface area (Å²) >= 11 is 7.18. The van der Waals surface area contributed by atoms with Crippen LogP contribution < -0.4 is 20.1 Å². The molecular formula is C33H30ClN3O5S. The minimum absolute atomic E-state index is 0.00581. The van der Waals surface area contributed by atoms with Crippen LogP contribution in [0.3, 0.4) is 0 Å². The molecule has 1 amide bonds. The molecular weight excluding hydrogens is 586 g/mol. The smallest absolute Gasteiger partial charge is 0.337 e. The van der Waals surface area contributed by atoms with Gasteiger partial charge in [0.25, 0.3) is 0 Å². The van der Waals surface area contributed by atoms with E-state index in [0.29, 0.717) is 45.1 Å². The van der Waals surface area contributed by atoms with Crippen molar-refractivity contribution in [3.05, 3.63) is 123 Å². The number of thioether (sulfide) groups is 1. The Morgan fingerprint density at radius 1 is 1.12 bits per heavy atom. The maximum absolute atomic E-state index is 13.3. The monoisotopic (exact) mass is 615 g/mol. The molecule has 3 aromatic carbocycles. The molecule has 0 aromatic heterocycles. The minimum atomic E-state index is -0.792. The third-order valence-electron chi connectivity index (χ3n) is 6.41. The fourth-order valence-corrected chi connectivity index (χ4v) is 5.54. The highest BCUT2D eigenvalue weighted by Crippen LogP contribution is 2.43. The van der Waals surface area contributed by atoms with E-state index in [1.54, 1.807) is 49.4 Å². The summed E-state index contributed by atoms with van der Waals surface area (Å²) in [6.07, 6.45) is 1.47. The van der Waals surface area contributed by atoms with Gasteiger partial charge < -0.3 is 24.8 Å². The quantitative estimate of drug-likeness (QED) is 0.171. The molecule has 3 aromatic rings. The summed E-state index contributed by atoms with van der Waals surface area (Å²) < 4.78 is 17.1. The third-order valence-corrected chi connectivity index (χ3v) is 7.67. The van der Waals surface area contributed by atoms with Gasteiger partial charge in [-0.05, 0) is 48.4 Å². The number of carbonyl (C=O) groups excluding carboxylic acids is 2. The number of hydrogen-bond donors (Lipinski definition) is 2. The number of nitrogens with one attached hydrogen (secondary N) is 2. The van der Waals surface area contributed by atoms with Crippen LogP contribution in [-0.2, 0) is 20.9 Å². The molecule has 0 spiro atoms. The van der Waals surface area contributed by atoms with Gasteiger partial charge in [0.1, 0.15) is 13.2 Å². The van der Waals surface area contributed by atoms with Crippen molar-refractivity contribution >= 4 is 40.9 Å². The van der Waals surface area contributed by atoms with E-state index < -0.39 is 11.9 Å². The number of ether oxygens (including phenoxy) is 3. The Morgan fingerprint density at radius 3 is 2.60 bits per heavy atom. The average Bonchev–Trinajstić information content (AvgIpc) is 3.01. The van der Waals surface area contributed by atoms with E-state index >= 15 is 0 Å². The predicted octanol–water partition coefficient (Wildman–Crippen LogP) is 6.72. The van der Waals surface area contributed by atoms with Crippen molar-refractivity contribution in [2.75, 3.05) is 24.8 Å². The fourth-order valence-electron chi connectivity index (χ4n) is 4.46. The van der Waals surface area contributed by atoms with E-state index in [1.807, 2.05) is 30.3 Å². The number of carbonyl (C=O) groups is 2. The van der Waals surface area contributed by atoms with E-state index in [2.05, 4.69) is 23.3 Å². The van der Waals surface area contributed by atoms with Crippen LogP contribution in [-0.4, -0.2) is 31.3 Å². The predicted molar refractivity (Wildman–Crippen MR) is 169 cm³/mol. The van der Waals surface area contributed by atoms with Gasteiger partial charge in [-0.3, -0.25) is 4.79 Å². The normalized spacial score (nSPS) is 14.3. The Labute approximate surface area is 260 Å². The van der Waals surface area contributed by atoms with Crippen molar-refractivity contribution < 1.29 is 23.8 Å². The first kappa shape index (κ1) is 31.3. The van der Waals surface area contributed by atoms with Gasteiger partial charge in [0.2, 0.25) is 5.91 Å². The van der Waals surface area contributed by atoms with Crippen LogP contribution >= 0.6 is 23.4 Å². The number of halogens is 1. The number of nitrogens with zero attached hydrogens (tertiary/aromatic N) is 1. The lowest BCUT2D eigenvalue weighted by Gasteiger charge is -2.29. The highest BCUT2D eigenvalue weighted by Gasteiger charge is 2.36. The molecule has 220 valence electrons. The first-order valence-corrected chi connectivity index (χ1v) is 14.6. The van der Waals surface area contributed by atoms with Crippen LogP contribution in [0.15, 0.2) is 107 Å². The van der Waals surface area contributed by atoms with Gasteiger partial charge >= 0.3 is 5.97 Å². The molecule has 4 rings (SSSR count). The van der Waals surface area contributed by atoms with Gasteiger partial charge in [0, 0.05) is 16.4 Å². The fraction of sp³-hybridized carbons (Fsp3) is 0.182. The van der Waals surface area contributed by atoms with E-state index in [4.69, 9.17) is 25.8 Å². The number of amides is 1. The van der Waals surface area contributed by atoms with Gasteiger partial charge in [-0.2, -0.15) is 5.26 Å². The van der Waals surface area contributed by atoms with E-state index in [9.17, 15) is 14.9 Å². The Bertz CT molecular complexity index is 1610. The summed E-state index contributed by atoms with van der Waals surface area (Å²) in [6.45, 7) is 5.69. The highest BCUT2D eigenvalue weighted by molar-refractivity contribution is 8.03. The van der Waals surface area contributed by atoms with Crippen LogP contribution in [0.4, 0.5) is 5.69 Å². The number of esters is 1. The summed E-state index contributed by atoms with van der Waals surface area (Å²) in [5.41, 5.74) is 3.20. The van der Waals surface area contributed by atoms with Crippen LogP contribution in [0.2, 0.25) is 5.02 Å². The largest absolute Gasteiger partial charge is 0.493 e. The first-order chi connectivity index (χ1) is 20.8. The molecule has 0 saturated carbocycles. The minimum Gasteiger partial charge on any atom is -0.493 e. The highest BCUT2D eigenvalue weighted by atomic mass is 35.5. The summed E-state index contributed by atoms with van der Waals surface area (Å²) in [6, 6.07) is 24.1. The summed E-state index contributed by atoms with van der Waals surface area (Å²) in [4.78, 5) is 26.0. The van der Waals surface area contributed by atoms with Crippen LogP contribution in [0.25, 0.3) is 0 Å². The lowest BCUT2D eigenvalue weighted by atomic mass is 9.82. The SMILES string of the molecule is C=CCOC(=O)C1=C(C)NC(SCC(=O)Nc2cccc(Cl)c2)=C(C#N)C1c1ccc(OCc2ccccc2)c(OC)c1. The van der Waals surface area contributed by atoms with Gasteiger partial charge in [0.05, 0.1) is 41.0 Å². The maximum Gasteiger partial charge on any atom is 0.337 e. The molecule has 0 radical (unpaired) electrons. The van der Waals surface area contributed by atoms with Crippen molar-refractivity contribution in [1.29, 1.82) is 5.26 Å². The topological polar surface area (TPSA) is 110 Å². The average molecular weight is 616 g/mol. The number of dihydropyridines is 1. The lowest BCUT2D eigenvalue weighted by Crippen LogP contribution is -2.29. The summed E-state index contributed by atoms with van der Waals surface area (Å²) in [5.74, 6) is -0.708. The maximum atomic E-state index is 13.3. The number of anilines is 1. The Kier molecular flexibility index (Phi) is 10.9. The number of rotatable bonds is 12. The van der Waals surface area contributed by atoms with E-state index in [0.717, 1.165) is 17.3 Å². The molecule has 0 fully saturated rings. The third kappa shape index (κ3) is 8.01. The summed E-state index contributed by atoms with van der Waals surface area (Å²) in [5, 5.41) is 17.3. The van der Waals surface area contributed by atoms with Crippen molar-refractivity contribution in [2.45, 2.75) is 19.4 Å². The van der Waals surface area contributed by atoms with Crippen molar-refractivity contribution in [3.8, 4) is 17.6 Å². The van der Waals surface area contributed by atoms with Gasteiger partial charge in [-0.1, -0.05) is 78.5 Å². The molecule has 1 atom stereocenters. The van der Waals surface area contributed by atoms with E-state index in [-0.39, 0.29) is 29.4 Å². The zero-order valence-corrected chi connectivity index (χ0v) is 25.3.